The van der Waals surface area contributed by atoms with Crippen LogP contribution < -0.4 is 10.2 Å². The Balaban J connectivity index is 1.55. The Morgan fingerprint density at radius 3 is 3.00 bits per heavy atom. The van der Waals surface area contributed by atoms with Crippen LogP contribution in [-0.4, -0.2) is 28.0 Å². The molecule has 0 saturated carbocycles. The fraction of sp³-hybridized carbons (Fsp3) is 0.333. The quantitative estimate of drug-likeness (QED) is 0.801. The minimum Gasteiger partial charge on any atom is -0.467 e. The standard InChI is InChI=1S/C18H20N4O2/c1-21-15-8-3-2-7-14(15)20-18(21)22-10-4-9-16(22)17(23)19-12-13-6-5-11-24-13/h2-3,5-8,11,16H,4,9-10,12H2,1H3,(H,19,23)/t16-/m0/s1. The van der Waals surface area contributed by atoms with Crippen LogP contribution in [0, 0.1) is 0 Å². The number of rotatable bonds is 4. The number of fused-ring (bicyclic) bond motifs is 1. The summed E-state index contributed by atoms with van der Waals surface area (Å²) < 4.78 is 7.34. The monoisotopic (exact) mass is 324 g/mol. The van der Waals surface area contributed by atoms with Crippen molar-refractivity contribution in [1.82, 2.24) is 14.9 Å². The van der Waals surface area contributed by atoms with Crippen LogP contribution in [0.25, 0.3) is 11.0 Å². The number of amides is 1. The summed E-state index contributed by atoms with van der Waals surface area (Å²) >= 11 is 0. The van der Waals surface area contributed by atoms with Crippen LogP contribution >= 0.6 is 0 Å². The number of carbonyl (C=O) groups is 1. The van der Waals surface area contributed by atoms with Gasteiger partial charge in [-0.15, -0.1) is 0 Å². The van der Waals surface area contributed by atoms with Crippen LogP contribution in [0.15, 0.2) is 47.1 Å². The summed E-state index contributed by atoms with van der Waals surface area (Å²) in [6.45, 7) is 1.26. The zero-order valence-electron chi connectivity index (χ0n) is 13.6. The van der Waals surface area contributed by atoms with Crippen LogP contribution in [0.2, 0.25) is 0 Å². The van der Waals surface area contributed by atoms with Crippen molar-refractivity contribution in [1.29, 1.82) is 0 Å². The average molecular weight is 324 g/mol. The second-order valence-corrected chi connectivity index (χ2v) is 6.11. The second kappa shape index (κ2) is 6.03. The third-order valence-electron chi connectivity index (χ3n) is 4.59. The summed E-state index contributed by atoms with van der Waals surface area (Å²) in [5.41, 5.74) is 2.03. The SMILES string of the molecule is Cn1c(N2CCC[C@H]2C(=O)NCc2ccco2)nc2ccccc21. The van der Waals surface area contributed by atoms with Crippen LogP contribution in [0.1, 0.15) is 18.6 Å². The third-order valence-corrected chi connectivity index (χ3v) is 4.59. The highest BCUT2D eigenvalue weighted by atomic mass is 16.3. The molecule has 1 N–H and O–H groups in total. The minimum absolute atomic E-state index is 0.0240. The Labute approximate surface area is 140 Å². The molecule has 0 radical (unpaired) electrons. The summed E-state index contributed by atoms with van der Waals surface area (Å²) in [7, 11) is 2.00. The maximum Gasteiger partial charge on any atom is 0.243 e. The van der Waals surface area contributed by atoms with Crippen LogP contribution in [0.4, 0.5) is 5.95 Å². The van der Waals surface area contributed by atoms with E-state index in [9.17, 15) is 4.79 Å². The maximum atomic E-state index is 12.6. The van der Waals surface area contributed by atoms with Gasteiger partial charge in [0.05, 0.1) is 23.8 Å². The minimum atomic E-state index is -0.185. The van der Waals surface area contributed by atoms with Gasteiger partial charge in [0, 0.05) is 13.6 Å². The molecule has 1 aliphatic heterocycles. The maximum absolute atomic E-state index is 12.6. The zero-order valence-corrected chi connectivity index (χ0v) is 13.6. The predicted molar refractivity (Wildman–Crippen MR) is 91.6 cm³/mol. The first kappa shape index (κ1) is 14.8. The summed E-state index contributed by atoms with van der Waals surface area (Å²) in [4.78, 5) is 19.5. The number of carbonyl (C=O) groups excluding carboxylic acids is 1. The normalized spacial score (nSPS) is 17.5. The molecule has 1 amide bonds. The number of nitrogens with zero attached hydrogens (tertiary/aromatic N) is 3. The number of aromatic nitrogens is 2. The molecule has 1 aliphatic rings. The van der Waals surface area contributed by atoms with Crippen molar-refractivity contribution in [3.05, 3.63) is 48.4 Å². The van der Waals surface area contributed by atoms with Gasteiger partial charge in [-0.25, -0.2) is 4.98 Å². The molecule has 0 aliphatic carbocycles. The molecule has 0 unspecified atom stereocenters. The van der Waals surface area contributed by atoms with E-state index >= 15 is 0 Å². The molecule has 4 rings (SSSR count). The average Bonchev–Trinajstić information content (AvgIpc) is 3.33. The summed E-state index contributed by atoms with van der Waals surface area (Å²) in [6.07, 6.45) is 3.44. The molecule has 124 valence electrons. The van der Waals surface area contributed by atoms with Crippen molar-refractivity contribution in [3.8, 4) is 0 Å². The molecule has 1 fully saturated rings. The lowest BCUT2D eigenvalue weighted by Crippen LogP contribution is -2.44. The van der Waals surface area contributed by atoms with E-state index in [-0.39, 0.29) is 11.9 Å². The summed E-state index contributed by atoms with van der Waals surface area (Å²) in [6, 6.07) is 11.5. The van der Waals surface area contributed by atoms with Gasteiger partial charge in [-0.05, 0) is 37.1 Å². The Morgan fingerprint density at radius 2 is 2.21 bits per heavy atom. The Bertz CT molecular complexity index is 853. The summed E-state index contributed by atoms with van der Waals surface area (Å²) in [5, 5.41) is 2.97. The topological polar surface area (TPSA) is 63.3 Å². The van der Waals surface area contributed by atoms with Crippen LogP contribution in [0.5, 0.6) is 0 Å². The number of imidazole rings is 1. The number of anilines is 1. The van der Waals surface area contributed by atoms with E-state index in [1.807, 2.05) is 43.4 Å². The van der Waals surface area contributed by atoms with Crippen LogP contribution in [-0.2, 0) is 18.4 Å². The van der Waals surface area contributed by atoms with Gasteiger partial charge in [0.15, 0.2) is 0 Å². The van der Waals surface area contributed by atoms with Crippen molar-refractivity contribution in [3.63, 3.8) is 0 Å². The molecule has 6 heteroatoms. The van der Waals surface area contributed by atoms with E-state index in [2.05, 4.69) is 14.8 Å². The fourth-order valence-electron chi connectivity index (χ4n) is 3.37. The van der Waals surface area contributed by atoms with Crippen molar-refractivity contribution < 1.29 is 9.21 Å². The van der Waals surface area contributed by atoms with Crippen molar-refractivity contribution in [2.24, 2.45) is 7.05 Å². The molecule has 0 spiro atoms. The number of hydrogen-bond donors (Lipinski definition) is 1. The smallest absolute Gasteiger partial charge is 0.243 e. The number of benzene rings is 1. The van der Waals surface area contributed by atoms with Gasteiger partial charge in [0.2, 0.25) is 11.9 Å². The first-order valence-electron chi connectivity index (χ1n) is 8.22. The van der Waals surface area contributed by atoms with Crippen molar-refractivity contribution in [2.45, 2.75) is 25.4 Å². The van der Waals surface area contributed by atoms with Crippen molar-refractivity contribution in [2.75, 3.05) is 11.4 Å². The Hall–Kier alpha value is -2.76. The molecule has 1 atom stereocenters. The molecular formula is C18H20N4O2. The molecule has 6 nitrogen and oxygen atoms in total. The largest absolute Gasteiger partial charge is 0.467 e. The third kappa shape index (κ3) is 2.54. The highest BCUT2D eigenvalue weighted by molar-refractivity contribution is 5.86. The first-order valence-corrected chi connectivity index (χ1v) is 8.22. The molecule has 24 heavy (non-hydrogen) atoms. The fourth-order valence-corrected chi connectivity index (χ4v) is 3.37. The molecular weight excluding hydrogens is 304 g/mol. The highest BCUT2D eigenvalue weighted by Gasteiger charge is 2.33. The van der Waals surface area contributed by atoms with E-state index in [0.717, 1.165) is 42.1 Å². The van der Waals surface area contributed by atoms with E-state index in [1.54, 1.807) is 6.26 Å². The lowest BCUT2D eigenvalue weighted by Gasteiger charge is -2.24. The van der Waals surface area contributed by atoms with E-state index in [0.29, 0.717) is 6.54 Å². The number of para-hydroxylation sites is 2. The highest BCUT2D eigenvalue weighted by Crippen LogP contribution is 2.27. The number of furan rings is 1. The number of nitrogens with one attached hydrogen (secondary N) is 1. The van der Waals surface area contributed by atoms with Crippen LogP contribution in [0.3, 0.4) is 0 Å². The molecule has 3 aromatic rings. The van der Waals surface area contributed by atoms with Gasteiger partial charge in [0.1, 0.15) is 11.8 Å². The number of aryl methyl sites for hydroxylation is 1. The van der Waals surface area contributed by atoms with Gasteiger partial charge in [-0.1, -0.05) is 12.1 Å². The Kier molecular flexibility index (Phi) is 3.72. The summed E-state index contributed by atoms with van der Waals surface area (Å²) in [5.74, 6) is 1.64. The Morgan fingerprint density at radius 1 is 1.33 bits per heavy atom. The molecule has 1 saturated heterocycles. The molecule has 2 aromatic heterocycles. The van der Waals surface area contributed by atoms with E-state index in [4.69, 9.17) is 9.40 Å². The number of hydrogen-bond acceptors (Lipinski definition) is 4. The van der Waals surface area contributed by atoms with Gasteiger partial charge < -0.3 is 19.2 Å². The lowest BCUT2D eigenvalue weighted by atomic mass is 10.2. The predicted octanol–water partition coefficient (Wildman–Crippen LogP) is 2.45. The zero-order chi connectivity index (χ0) is 16.5. The molecule has 0 bridgehead atoms. The van der Waals surface area contributed by atoms with Gasteiger partial charge in [-0.2, -0.15) is 0 Å². The van der Waals surface area contributed by atoms with Crippen molar-refractivity contribution >= 4 is 22.9 Å². The van der Waals surface area contributed by atoms with E-state index < -0.39 is 0 Å². The van der Waals surface area contributed by atoms with Gasteiger partial charge in [-0.3, -0.25) is 4.79 Å². The lowest BCUT2D eigenvalue weighted by molar-refractivity contribution is -0.122. The van der Waals surface area contributed by atoms with E-state index in [1.165, 1.54) is 0 Å². The molecule has 1 aromatic carbocycles. The molecule has 3 heterocycles. The first-order chi connectivity index (χ1) is 11.7. The van der Waals surface area contributed by atoms with Gasteiger partial charge >= 0.3 is 0 Å². The second-order valence-electron chi connectivity index (χ2n) is 6.11. The van der Waals surface area contributed by atoms with Gasteiger partial charge in [0.25, 0.3) is 0 Å².